The highest BCUT2D eigenvalue weighted by Gasteiger charge is 2.31. The monoisotopic (exact) mass is 410 g/mol. The second-order valence-corrected chi connectivity index (χ2v) is 8.94. The number of nitrogens with two attached hydrogens (primary N) is 2. The van der Waals surface area contributed by atoms with Gasteiger partial charge in [-0.15, -0.1) is 0 Å². The zero-order chi connectivity index (χ0) is 21.2. The quantitative estimate of drug-likeness (QED) is 0.643. The van der Waals surface area contributed by atoms with E-state index in [4.69, 9.17) is 11.5 Å². The van der Waals surface area contributed by atoms with E-state index in [9.17, 15) is 19.2 Å². The topological polar surface area (TPSA) is 130 Å². The van der Waals surface area contributed by atoms with E-state index in [-0.39, 0.29) is 45.7 Å². The van der Waals surface area contributed by atoms with Crippen LogP contribution in [0.3, 0.4) is 0 Å². The van der Waals surface area contributed by atoms with Gasteiger partial charge in [0, 0.05) is 12.1 Å². The Morgan fingerprint density at radius 1 is 0.567 bits per heavy atom. The molecule has 5 rings (SSSR count). The third-order valence-corrected chi connectivity index (χ3v) is 7.18. The standard InChI is InChI=1S/C22H26N4O4/c23-15-5-1-3-7-17(15)25-19(27)11-9-13-14(10-12(11)20(25)28)22(30)26(21(13)29)18-8-4-2-6-16(18)24/h9-10,15-18H,1-8,23-24H2/t15-,16-,17-,18-/m1/s1. The van der Waals surface area contributed by atoms with Crippen LogP contribution in [0.1, 0.15) is 63.5 Å². The molecular weight excluding hydrogens is 384 g/mol. The van der Waals surface area contributed by atoms with Crippen molar-refractivity contribution in [1.82, 2.24) is 9.13 Å². The molecule has 0 aliphatic heterocycles. The molecule has 0 unspecified atom stereocenters. The van der Waals surface area contributed by atoms with E-state index in [1.165, 1.54) is 21.3 Å². The van der Waals surface area contributed by atoms with Crippen molar-refractivity contribution in [3.05, 3.63) is 53.5 Å². The Hall–Kier alpha value is -2.58. The van der Waals surface area contributed by atoms with Crippen molar-refractivity contribution in [2.75, 3.05) is 0 Å². The highest BCUT2D eigenvalue weighted by Crippen LogP contribution is 2.28. The van der Waals surface area contributed by atoms with Gasteiger partial charge in [-0.1, -0.05) is 25.7 Å². The molecule has 2 saturated carbocycles. The van der Waals surface area contributed by atoms with Gasteiger partial charge in [-0.05, 0) is 37.8 Å². The first kappa shape index (κ1) is 19.4. The maximum Gasteiger partial charge on any atom is 0.261 e. The molecule has 0 saturated heterocycles. The zero-order valence-corrected chi connectivity index (χ0v) is 16.8. The van der Waals surface area contributed by atoms with Gasteiger partial charge in [-0.2, -0.15) is 0 Å². The molecule has 2 aliphatic rings. The molecule has 0 bridgehead atoms. The Balaban J connectivity index is 1.73. The Morgan fingerprint density at radius 2 is 0.867 bits per heavy atom. The fourth-order valence-electron chi connectivity index (χ4n) is 5.53. The minimum atomic E-state index is -0.423. The molecule has 158 valence electrons. The van der Waals surface area contributed by atoms with Crippen LogP contribution in [0.5, 0.6) is 0 Å². The molecule has 0 spiro atoms. The van der Waals surface area contributed by atoms with Crippen LogP contribution in [-0.4, -0.2) is 21.2 Å². The maximum absolute atomic E-state index is 13.1. The predicted molar refractivity (Wildman–Crippen MR) is 116 cm³/mol. The number of aromatic nitrogens is 2. The van der Waals surface area contributed by atoms with Crippen LogP contribution in [0, 0.1) is 0 Å². The summed E-state index contributed by atoms with van der Waals surface area (Å²) in [6, 6.07) is 1.66. The molecule has 4 atom stereocenters. The summed E-state index contributed by atoms with van der Waals surface area (Å²) in [5.74, 6) is 0. The molecule has 4 N–H and O–H groups in total. The largest absolute Gasteiger partial charge is 0.326 e. The summed E-state index contributed by atoms with van der Waals surface area (Å²) in [4.78, 5) is 52.4. The summed E-state index contributed by atoms with van der Waals surface area (Å²) >= 11 is 0. The van der Waals surface area contributed by atoms with Gasteiger partial charge in [0.1, 0.15) is 0 Å². The number of hydrogen-bond donors (Lipinski definition) is 2. The summed E-state index contributed by atoms with van der Waals surface area (Å²) in [7, 11) is 0. The molecule has 2 fully saturated rings. The van der Waals surface area contributed by atoms with E-state index in [0.29, 0.717) is 12.8 Å². The first-order chi connectivity index (χ1) is 14.4. The van der Waals surface area contributed by atoms with Crippen LogP contribution in [0.4, 0.5) is 0 Å². The minimum absolute atomic E-state index is 0.187. The highest BCUT2D eigenvalue weighted by atomic mass is 16.2. The molecule has 2 aromatic heterocycles. The number of fused-ring (bicyclic) bond motifs is 2. The normalized spacial score (nSPS) is 27.8. The van der Waals surface area contributed by atoms with Gasteiger partial charge in [0.25, 0.3) is 22.2 Å². The molecule has 2 aliphatic carbocycles. The van der Waals surface area contributed by atoms with E-state index in [2.05, 4.69) is 0 Å². The molecule has 1 aromatic carbocycles. The maximum atomic E-state index is 13.1. The van der Waals surface area contributed by atoms with Crippen LogP contribution in [0.15, 0.2) is 31.3 Å². The first-order valence-electron chi connectivity index (χ1n) is 10.8. The van der Waals surface area contributed by atoms with Gasteiger partial charge >= 0.3 is 0 Å². The van der Waals surface area contributed by atoms with Crippen LogP contribution in [-0.2, 0) is 0 Å². The Labute approximate surface area is 171 Å². The molecule has 8 heteroatoms. The van der Waals surface area contributed by atoms with Crippen molar-refractivity contribution >= 4 is 21.5 Å². The lowest BCUT2D eigenvalue weighted by Crippen LogP contribution is -2.42. The van der Waals surface area contributed by atoms with Crippen molar-refractivity contribution in [2.24, 2.45) is 11.5 Å². The van der Waals surface area contributed by atoms with Crippen molar-refractivity contribution in [3.8, 4) is 0 Å². The van der Waals surface area contributed by atoms with Crippen LogP contribution in [0.25, 0.3) is 21.5 Å². The summed E-state index contributed by atoms with van der Waals surface area (Å²) in [5, 5.41) is 0.750. The molecule has 30 heavy (non-hydrogen) atoms. The van der Waals surface area contributed by atoms with E-state index in [1.54, 1.807) is 0 Å². The average molecular weight is 410 g/mol. The molecule has 3 aromatic rings. The minimum Gasteiger partial charge on any atom is -0.326 e. The van der Waals surface area contributed by atoms with Crippen molar-refractivity contribution in [2.45, 2.75) is 75.5 Å². The van der Waals surface area contributed by atoms with E-state index in [1.807, 2.05) is 0 Å². The smallest absolute Gasteiger partial charge is 0.261 e. The summed E-state index contributed by atoms with van der Waals surface area (Å²) < 4.78 is 2.49. The number of hydrogen-bond acceptors (Lipinski definition) is 6. The van der Waals surface area contributed by atoms with E-state index >= 15 is 0 Å². The predicted octanol–water partition coefficient (Wildman–Crippen LogP) is 0.797. The summed E-state index contributed by atoms with van der Waals surface area (Å²) in [6.45, 7) is 0. The van der Waals surface area contributed by atoms with Gasteiger partial charge in [-0.25, -0.2) is 0 Å². The van der Waals surface area contributed by atoms with Crippen molar-refractivity contribution < 1.29 is 0 Å². The van der Waals surface area contributed by atoms with Crippen LogP contribution in [0.2, 0.25) is 0 Å². The fourth-order valence-corrected chi connectivity index (χ4v) is 5.53. The number of rotatable bonds is 2. The number of nitrogens with zero attached hydrogens (tertiary/aromatic N) is 2. The number of benzene rings is 1. The summed E-state index contributed by atoms with van der Waals surface area (Å²) in [5.41, 5.74) is 10.7. The van der Waals surface area contributed by atoms with Crippen LogP contribution >= 0.6 is 0 Å². The molecule has 2 heterocycles. The van der Waals surface area contributed by atoms with Gasteiger partial charge in [0.15, 0.2) is 0 Å². The Morgan fingerprint density at radius 3 is 1.17 bits per heavy atom. The highest BCUT2D eigenvalue weighted by molar-refractivity contribution is 5.97. The molecule has 0 radical (unpaired) electrons. The van der Waals surface area contributed by atoms with Gasteiger partial charge in [0.05, 0.1) is 33.6 Å². The second kappa shape index (κ2) is 6.99. The molecular formula is C22H26N4O4. The summed E-state index contributed by atoms with van der Waals surface area (Å²) in [6.07, 6.45) is 6.68. The lowest BCUT2D eigenvalue weighted by atomic mass is 9.91. The lowest BCUT2D eigenvalue weighted by Gasteiger charge is -2.28. The molecule has 0 amide bonds. The second-order valence-electron chi connectivity index (χ2n) is 8.94. The van der Waals surface area contributed by atoms with Gasteiger partial charge in [-0.3, -0.25) is 28.3 Å². The van der Waals surface area contributed by atoms with E-state index in [0.717, 1.165) is 38.5 Å². The average Bonchev–Trinajstić information content (AvgIpc) is 3.12. The molecule has 8 nitrogen and oxygen atoms in total. The third-order valence-electron chi connectivity index (χ3n) is 7.18. The zero-order valence-electron chi connectivity index (χ0n) is 16.8. The first-order valence-corrected chi connectivity index (χ1v) is 10.8. The Kier molecular flexibility index (Phi) is 4.52. The van der Waals surface area contributed by atoms with Crippen molar-refractivity contribution in [3.63, 3.8) is 0 Å². The SMILES string of the molecule is N[C@@H]1CCCC[C@H]1n1c(=O)c2cc3c(=O)n([C@@H]4CCCC[C@H]4N)c(=O)c3cc2c1=O. The van der Waals surface area contributed by atoms with E-state index < -0.39 is 22.2 Å². The van der Waals surface area contributed by atoms with Crippen LogP contribution < -0.4 is 33.7 Å². The fraction of sp³-hybridized carbons (Fsp3) is 0.545. The lowest BCUT2D eigenvalue weighted by molar-refractivity contribution is 0.298. The van der Waals surface area contributed by atoms with Gasteiger partial charge < -0.3 is 11.5 Å². The van der Waals surface area contributed by atoms with Gasteiger partial charge in [0.2, 0.25) is 0 Å². The Bertz CT molecular complexity index is 1170. The third kappa shape index (κ3) is 2.66. The van der Waals surface area contributed by atoms with Crippen molar-refractivity contribution in [1.29, 1.82) is 0 Å².